The Labute approximate surface area is 145 Å². The summed E-state index contributed by atoms with van der Waals surface area (Å²) in [5.74, 6) is 0.957. The SMILES string of the molecule is Cc1nc(CNC(=O)c2cc(-c3ccccc3)no2)c2n1CCCC2. The van der Waals surface area contributed by atoms with Crippen molar-refractivity contribution < 1.29 is 9.32 Å². The number of carbonyl (C=O) groups is 1. The molecule has 3 aromatic rings. The zero-order valence-electron chi connectivity index (χ0n) is 14.2. The Morgan fingerprint density at radius 2 is 2.12 bits per heavy atom. The van der Waals surface area contributed by atoms with E-state index >= 15 is 0 Å². The molecule has 0 unspecified atom stereocenters. The van der Waals surface area contributed by atoms with Gasteiger partial charge >= 0.3 is 0 Å². The van der Waals surface area contributed by atoms with Gasteiger partial charge < -0.3 is 14.4 Å². The predicted molar refractivity (Wildman–Crippen MR) is 93.0 cm³/mol. The minimum atomic E-state index is -0.273. The Kier molecular flexibility index (Phi) is 4.09. The molecule has 0 atom stereocenters. The maximum absolute atomic E-state index is 12.4. The number of imidazole rings is 1. The number of nitrogens with zero attached hydrogens (tertiary/aromatic N) is 3. The second-order valence-corrected chi connectivity index (χ2v) is 6.29. The third-order valence-electron chi connectivity index (χ3n) is 4.61. The zero-order valence-corrected chi connectivity index (χ0v) is 14.2. The van der Waals surface area contributed by atoms with Crippen LogP contribution in [0.2, 0.25) is 0 Å². The van der Waals surface area contributed by atoms with Crippen molar-refractivity contribution in [3.8, 4) is 11.3 Å². The maximum Gasteiger partial charge on any atom is 0.290 e. The number of hydrogen-bond donors (Lipinski definition) is 1. The van der Waals surface area contributed by atoms with Crippen molar-refractivity contribution in [3.05, 3.63) is 59.4 Å². The third-order valence-corrected chi connectivity index (χ3v) is 4.61. The van der Waals surface area contributed by atoms with Crippen molar-refractivity contribution in [1.29, 1.82) is 0 Å². The highest BCUT2D eigenvalue weighted by Gasteiger charge is 2.19. The summed E-state index contributed by atoms with van der Waals surface area (Å²) in [5.41, 5.74) is 3.77. The molecule has 0 aliphatic carbocycles. The van der Waals surface area contributed by atoms with E-state index < -0.39 is 0 Å². The molecule has 25 heavy (non-hydrogen) atoms. The standard InChI is InChI=1S/C19H20N4O2/c1-13-21-16(17-9-5-6-10-23(13)17)12-20-19(24)18-11-15(22-25-18)14-7-3-2-4-8-14/h2-4,7-8,11H,5-6,9-10,12H2,1H3,(H,20,24). The van der Waals surface area contributed by atoms with Gasteiger partial charge in [0.05, 0.1) is 12.2 Å². The minimum Gasteiger partial charge on any atom is -0.350 e. The smallest absolute Gasteiger partial charge is 0.290 e. The van der Waals surface area contributed by atoms with Gasteiger partial charge in [-0.25, -0.2) is 4.98 Å². The first-order valence-electron chi connectivity index (χ1n) is 8.57. The van der Waals surface area contributed by atoms with Crippen molar-refractivity contribution in [3.63, 3.8) is 0 Å². The molecular weight excluding hydrogens is 316 g/mol. The van der Waals surface area contributed by atoms with E-state index in [0.29, 0.717) is 12.2 Å². The third kappa shape index (κ3) is 3.07. The summed E-state index contributed by atoms with van der Waals surface area (Å²) in [6.07, 6.45) is 3.39. The van der Waals surface area contributed by atoms with Crippen LogP contribution in [0.15, 0.2) is 40.9 Å². The fourth-order valence-corrected chi connectivity index (χ4v) is 3.33. The quantitative estimate of drug-likeness (QED) is 0.794. The van der Waals surface area contributed by atoms with E-state index in [-0.39, 0.29) is 11.7 Å². The molecule has 1 aliphatic heterocycles. The average molecular weight is 336 g/mol. The largest absolute Gasteiger partial charge is 0.350 e. The Hall–Kier alpha value is -2.89. The van der Waals surface area contributed by atoms with E-state index in [9.17, 15) is 4.79 Å². The molecule has 0 radical (unpaired) electrons. The normalized spacial score (nSPS) is 13.5. The summed E-state index contributed by atoms with van der Waals surface area (Å²) in [6.45, 7) is 3.44. The number of carbonyl (C=O) groups excluding carboxylic acids is 1. The number of hydrogen-bond acceptors (Lipinski definition) is 4. The van der Waals surface area contributed by atoms with Crippen LogP contribution in [0, 0.1) is 6.92 Å². The summed E-state index contributed by atoms with van der Waals surface area (Å²) in [4.78, 5) is 17.0. The maximum atomic E-state index is 12.4. The van der Waals surface area contributed by atoms with Gasteiger partial charge in [0.25, 0.3) is 5.91 Å². The molecule has 3 heterocycles. The molecule has 4 rings (SSSR count). The number of nitrogens with one attached hydrogen (secondary N) is 1. The van der Waals surface area contributed by atoms with Crippen LogP contribution in [0.25, 0.3) is 11.3 Å². The van der Waals surface area contributed by atoms with Gasteiger partial charge in [0.2, 0.25) is 5.76 Å². The molecule has 0 fully saturated rings. The molecule has 6 heteroatoms. The van der Waals surface area contributed by atoms with Crippen LogP contribution >= 0.6 is 0 Å². The molecule has 1 aliphatic rings. The molecule has 0 saturated carbocycles. The van der Waals surface area contributed by atoms with E-state index in [4.69, 9.17) is 4.52 Å². The van der Waals surface area contributed by atoms with E-state index in [2.05, 4.69) is 20.0 Å². The van der Waals surface area contributed by atoms with E-state index in [1.807, 2.05) is 37.3 Å². The van der Waals surface area contributed by atoms with Gasteiger partial charge in [0, 0.05) is 23.9 Å². The van der Waals surface area contributed by atoms with E-state index in [1.165, 1.54) is 18.5 Å². The lowest BCUT2D eigenvalue weighted by Gasteiger charge is -2.16. The van der Waals surface area contributed by atoms with Crippen molar-refractivity contribution in [2.45, 2.75) is 39.3 Å². The van der Waals surface area contributed by atoms with Gasteiger partial charge in [-0.2, -0.15) is 0 Å². The van der Waals surface area contributed by atoms with Crippen LogP contribution < -0.4 is 5.32 Å². The highest BCUT2D eigenvalue weighted by molar-refractivity contribution is 5.92. The van der Waals surface area contributed by atoms with Gasteiger partial charge in [-0.1, -0.05) is 35.5 Å². The van der Waals surface area contributed by atoms with Crippen LogP contribution in [-0.4, -0.2) is 20.6 Å². The Bertz CT molecular complexity index is 896. The Balaban J connectivity index is 1.46. The number of rotatable bonds is 4. The minimum absolute atomic E-state index is 0.212. The van der Waals surface area contributed by atoms with Crippen molar-refractivity contribution in [1.82, 2.24) is 20.0 Å². The molecule has 0 spiro atoms. The van der Waals surface area contributed by atoms with E-state index in [1.54, 1.807) is 6.07 Å². The lowest BCUT2D eigenvalue weighted by atomic mass is 10.1. The van der Waals surface area contributed by atoms with Gasteiger partial charge in [-0.15, -0.1) is 0 Å². The van der Waals surface area contributed by atoms with Crippen molar-refractivity contribution in [2.24, 2.45) is 0 Å². The fourth-order valence-electron chi connectivity index (χ4n) is 3.33. The Morgan fingerprint density at radius 1 is 1.28 bits per heavy atom. The summed E-state index contributed by atoms with van der Waals surface area (Å²) in [5, 5.41) is 6.88. The number of aromatic nitrogens is 3. The molecule has 0 bridgehead atoms. The topological polar surface area (TPSA) is 73.0 Å². The van der Waals surface area contributed by atoms with E-state index in [0.717, 1.165) is 30.0 Å². The highest BCUT2D eigenvalue weighted by Crippen LogP contribution is 2.21. The highest BCUT2D eigenvalue weighted by atomic mass is 16.5. The first kappa shape index (κ1) is 15.6. The number of amides is 1. The van der Waals surface area contributed by atoms with Crippen LogP contribution in [0.3, 0.4) is 0 Å². The number of benzene rings is 1. The molecule has 1 amide bonds. The fraction of sp³-hybridized carbons (Fsp3) is 0.316. The predicted octanol–water partition coefficient (Wildman–Crippen LogP) is 3.11. The molecule has 6 nitrogen and oxygen atoms in total. The van der Waals surface area contributed by atoms with Crippen molar-refractivity contribution in [2.75, 3.05) is 0 Å². The second kappa shape index (κ2) is 6.55. The van der Waals surface area contributed by atoms with Crippen LogP contribution in [0.4, 0.5) is 0 Å². The first-order valence-corrected chi connectivity index (χ1v) is 8.57. The monoisotopic (exact) mass is 336 g/mol. The van der Waals surface area contributed by atoms with Gasteiger partial charge in [-0.05, 0) is 26.2 Å². The summed E-state index contributed by atoms with van der Waals surface area (Å²) in [6, 6.07) is 11.3. The molecular formula is C19H20N4O2. The average Bonchev–Trinajstić information content (AvgIpc) is 3.27. The van der Waals surface area contributed by atoms with Crippen LogP contribution in [-0.2, 0) is 19.5 Å². The lowest BCUT2D eigenvalue weighted by molar-refractivity contribution is 0.0913. The Morgan fingerprint density at radius 3 is 2.96 bits per heavy atom. The van der Waals surface area contributed by atoms with Gasteiger partial charge in [0.1, 0.15) is 11.5 Å². The van der Waals surface area contributed by atoms with Crippen molar-refractivity contribution >= 4 is 5.91 Å². The summed E-state index contributed by atoms with van der Waals surface area (Å²) >= 11 is 0. The van der Waals surface area contributed by atoms with Crippen LogP contribution in [0.5, 0.6) is 0 Å². The van der Waals surface area contributed by atoms with Crippen LogP contribution in [0.1, 0.15) is 40.6 Å². The molecule has 1 N–H and O–H groups in total. The van der Waals surface area contributed by atoms with Gasteiger partial charge in [-0.3, -0.25) is 4.79 Å². The molecule has 0 saturated heterocycles. The summed E-state index contributed by atoms with van der Waals surface area (Å²) in [7, 11) is 0. The molecule has 128 valence electrons. The number of fused-ring (bicyclic) bond motifs is 1. The molecule has 1 aromatic carbocycles. The first-order chi connectivity index (χ1) is 12.2. The van der Waals surface area contributed by atoms with Gasteiger partial charge in [0.15, 0.2) is 0 Å². The number of aryl methyl sites for hydroxylation is 1. The summed E-state index contributed by atoms with van der Waals surface area (Å²) < 4.78 is 7.46. The molecule has 2 aromatic heterocycles. The zero-order chi connectivity index (χ0) is 17.2. The second-order valence-electron chi connectivity index (χ2n) is 6.29. The lowest BCUT2D eigenvalue weighted by Crippen LogP contribution is -2.23.